The normalized spacial score (nSPS) is 13.1. The standard InChI is InChI=1S/C8H16FNO2/c1-4-8(11)12-7(5-9)6-10(2)3/h7H,4-6H2,1-3H3. The van der Waals surface area contributed by atoms with Gasteiger partial charge in [0.1, 0.15) is 12.8 Å². The Morgan fingerprint density at radius 3 is 2.50 bits per heavy atom. The number of hydrogen-bond acceptors (Lipinski definition) is 3. The Hall–Kier alpha value is -0.640. The molecule has 0 aliphatic carbocycles. The molecule has 0 aromatic carbocycles. The maximum absolute atomic E-state index is 12.2. The summed E-state index contributed by atoms with van der Waals surface area (Å²) in [6.45, 7) is 1.50. The van der Waals surface area contributed by atoms with Crippen molar-refractivity contribution in [3.8, 4) is 0 Å². The van der Waals surface area contributed by atoms with E-state index in [0.717, 1.165) is 0 Å². The van der Waals surface area contributed by atoms with Crippen molar-refractivity contribution in [1.82, 2.24) is 4.90 Å². The van der Waals surface area contributed by atoms with E-state index in [-0.39, 0.29) is 5.97 Å². The van der Waals surface area contributed by atoms with E-state index in [1.54, 1.807) is 11.8 Å². The van der Waals surface area contributed by atoms with Crippen molar-refractivity contribution in [1.29, 1.82) is 0 Å². The van der Waals surface area contributed by atoms with Gasteiger partial charge in [-0.15, -0.1) is 0 Å². The second kappa shape index (κ2) is 5.94. The number of halogens is 1. The zero-order valence-electron chi connectivity index (χ0n) is 7.84. The topological polar surface area (TPSA) is 29.5 Å². The van der Waals surface area contributed by atoms with Crippen LogP contribution >= 0.6 is 0 Å². The largest absolute Gasteiger partial charge is 0.458 e. The Bertz CT molecular complexity index is 139. The van der Waals surface area contributed by atoms with Gasteiger partial charge in [0, 0.05) is 13.0 Å². The number of ether oxygens (including phenoxy) is 1. The zero-order chi connectivity index (χ0) is 9.56. The average molecular weight is 177 g/mol. The first-order valence-corrected chi connectivity index (χ1v) is 4.00. The van der Waals surface area contributed by atoms with Crippen LogP contribution in [0, 0.1) is 0 Å². The second-order valence-corrected chi connectivity index (χ2v) is 2.88. The number of alkyl halides is 1. The number of carbonyl (C=O) groups is 1. The number of nitrogens with zero attached hydrogens (tertiary/aromatic N) is 1. The molecule has 1 atom stereocenters. The predicted octanol–water partition coefficient (Wildman–Crippen LogP) is 0.839. The van der Waals surface area contributed by atoms with Crippen LogP contribution in [0.1, 0.15) is 13.3 Å². The Morgan fingerprint density at radius 2 is 2.17 bits per heavy atom. The molecule has 0 aliphatic heterocycles. The van der Waals surface area contributed by atoms with Gasteiger partial charge in [0.15, 0.2) is 0 Å². The van der Waals surface area contributed by atoms with Crippen molar-refractivity contribution < 1.29 is 13.9 Å². The summed E-state index contributed by atoms with van der Waals surface area (Å²) in [5.41, 5.74) is 0. The molecule has 0 N–H and O–H groups in total. The summed E-state index contributed by atoms with van der Waals surface area (Å²) in [5, 5.41) is 0. The van der Waals surface area contributed by atoms with Crippen LogP contribution in [0.3, 0.4) is 0 Å². The predicted molar refractivity (Wildman–Crippen MR) is 44.7 cm³/mol. The molecule has 12 heavy (non-hydrogen) atoms. The Kier molecular flexibility index (Phi) is 5.62. The molecule has 0 aliphatic rings. The molecule has 4 heteroatoms. The van der Waals surface area contributed by atoms with E-state index in [2.05, 4.69) is 0 Å². The van der Waals surface area contributed by atoms with Gasteiger partial charge in [-0.25, -0.2) is 4.39 Å². The van der Waals surface area contributed by atoms with Crippen LogP contribution in [0.5, 0.6) is 0 Å². The minimum Gasteiger partial charge on any atom is -0.458 e. The van der Waals surface area contributed by atoms with Gasteiger partial charge in [-0.1, -0.05) is 6.92 Å². The van der Waals surface area contributed by atoms with Gasteiger partial charge in [-0.2, -0.15) is 0 Å². The van der Waals surface area contributed by atoms with Gasteiger partial charge in [-0.3, -0.25) is 4.79 Å². The Balaban J connectivity index is 3.74. The molecular formula is C8H16FNO2. The number of likely N-dealkylation sites (N-methyl/N-ethyl adjacent to an activating group) is 1. The van der Waals surface area contributed by atoms with Gasteiger partial charge < -0.3 is 9.64 Å². The van der Waals surface area contributed by atoms with E-state index in [9.17, 15) is 9.18 Å². The molecular weight excluding hydrogens is 161 g/mol. The summed E-state index contributed by atoms with van der Waals surface area (Å²) in [5.74, 6) is -0.348. The molecule has 0 heterocycles. The van der Waals surface area contributed by atoms with Crippen LogP contribution in [0.4, 0.5) is 4.39 Å². The van der Waals surface area contributed by atoms with E-state index in [1.165, 1.54) is 0 Å². The fourth-order valence-electron chi connectivity index (χ4n) is 0.794. The monoisotopic (exact) mass is 177 g/mol. The molecule has 0 bridgehead atoms. The summed E-state index contributed by atoms with van der Waals surface area (Å²) in [6.07, 6.45) is -0.323. The molecule has 0 aromatic heterocycles. The minimum absolute atomic E-state index is 0.296. The lowest BCUT2D eigenvalue weighted by atomic mass is 10.3. The van der Waals surface area contributed by atoms with Crippen LogP contribution < -0.4 is 0 Å². The lowest BCUT2D eigenvalue weighted by Gasteiger charge is -2.18. The Labute approximate surface area is 72.5 Å². The van der Waals surface area contributed by atoms with Crippen molar-refractivity contribution in [2.75, 3.05) is 27.3 Å². The van der Waals surface area contributed by atoms with Crippen LogP contribution in [-0.4, -0.2) is 44.3 Å². The third-order valence-electron chi connectivity index (χ3n) is 1.33. The highest BCUT2D eigenvalue weighted by atomic mass is 19.1. The zero-order valence-corrected chi connectivity index (χ0v) is 7.84. The quantitative estimate of drug-likeness (QED) is 0.583. The first kappa shape index (κ1) is 11.4. The first-order chi connectivity index (χ1) is 5.60. The SMILES string of the molecule is CCC(=O)OC(CF)CN(C)C. The third kappa shape index (κ3) is 5.07. The smallest absolute Gasteiger partial charge is 0.305 e. The molecule has 0 saturated carbocycles. The number of carbonyl (C=O) groups excluding carboxylic acids is 1. The van der Waals surface area contributed by atoms with Crippen molar-refractivity contribution >= 4 is 5.97 Å². The number of hydrogen-bond donors (Lipinski definition) is 0. The van der Waals surface area contributed by atoms with Gasteiger partial charge >= 0.3 is 5.97 Å². The van der Waals surface area contributed by atoms with E-state index in [4.69, 9.17) is 4.74 Å². The molecule has 0 amide bonds. The van der Waals surface area contributed by atoms with E-state index in [0.29, 0.717) is 13.0 Å². The van der Waals surface area contributed by atoms with Crippen LogP contribution in [0.2, 0.25) is 0 Å². The van der Waals surface area contributed by atoms with Gasteiger partial charge in [-0.05, 0) is 14.1 Å². The summed E-state index contributed by atoms with van der Waals surface area (Å²) < 4.78 is 17.0. The van der Waals surface area contributed by atoms with E-state index in [1.807, 2.05) is 14.1 Å². The van der Waals surface area contributed by atoms with Crippen LogP contribution in [0.15, 0.2) is 0 Å². The van der Waals surface area contributed by atoms with Crippen molar-refractivity contribution in [2.24, 2.45) is 0 Å². The summed E-state index contributed by atoms with van der Waals surface area (Å²) in [4.78, 5) is 12.5. The van der Waals surface area contributed by atoms with E-state index < -0.39 is 12.8 Å². The second-order valence-electron chi connectivity index (χ2n) is 2.88. The highest BCUT2D eigenvalue weighted by Crippen LogP contribution is 1.97. The summed E-state index contributed by atoms with van der Waals surface area (Å²) in [6, 6.07) is 0. The molecule has 0 aromatic rings. The van der Waals surface area contributed by atoms with Gasteiger partial charge in [0.25, 0.3) is 0 Å². The molecule has 0 saturated heterocycles. The molecule has 3 nitrogen and oxygen atoms in total. The van der Waals surface area contributed by atoms with Crippen molar-refractivity contribution in [3.05, 3.63) is 0 Å². The fraction of sp³-hybridized carbons (Fsp3) is 0.875. The molecule has 0 radical (unpaired) electrons. The number of rotatable bonds is 5. The average Bonchev–Trinajstić information content (AvgIpc) is 2.02. The maximum Gasteiger partial charge on any atom is 0.305 e. The lowest BCUT2D eigenvalue weighted by Crippen LogP contribution is -2.31. The van der Waals surface area contributed by atoms with Crippen LogP contribution in [-0.2, 0) is 9.53 Å². The minimum atomic E-state index is -0.621. The molecule has 0 spiro atoms. The third-order valence-corrected chi connectivity index (χ3v) is 1.33. The molecule has 1 unspecified atom stereocenters. The van der Waals surface area contributed by atoms with Crippen molar-refractivity contribution in [2.45, 2.75) is 19.4 Å². The number of esters is 1. The lowest BCUT2D eigenvalue weighted by molar-refractivity contribution is -0.150. The summed E-state index contributed by atoms with van der Waals surface area (Å²) >= 11 is 0. The van der Waals surface area contributed by atoms with Crippen molar-refractivity contribution in [3.63, 3.8) is 0 Å². The molecule has 0 fully saturated rings. The Morgan fingerprint density at radius 1 is 1.58 bits per heavy atom. The van der Waals surface area contributed by atoms with Gasteiger partial charge in [0.2, 0.25) is 0 Å². The molecule has 0 rings (SSSR count). The summed E-state index contributed by atoms with van der Waals surface area (Å²) in [7, 11) is 3.62. The highest BCUT2D eigenvalue weighted by Gasteiger charge is 2.13. The molecule has 72 valence electrons. The van der Waals surface area contributed by atoms with E-state index >= 15 is 0 Å². The van der Waals surface area contributed by atoms with Crippen LogP contribution in [0.25, 0.3) is 0 Å². The highest BCUT2D eigenvalue weighted by molar-refractivity contribution is 5.69. The fourth-order valence-corrected chi connectivity index (χ4v) is 0.794. The maximum atomic E-state index is 12.2. The van der Waals surface area contributed by atoms with Gasteiger partial charge in [0.05, 0.1) is 0 Å². The first-order valence-electron chi connectivity index (χ1n) is 4.00.